The van der Waals surface area contributed by atoms with Crippen LogP contribution in [0.5, 0.6) is 0 Å². The molecule has 1 heterocycles. The van der Waals surface area contributed by atoms with Crippen molar-refractivity contribution in [2.24, 2.45) is 0 Å². The third-order valence-corrected chi connectivity index (χ3v) is 4.81. The Balaban J connectivity index is 1.85. The fraction of sp³-hybridized carbons (Fsp3) is 0.0870. The van der Waals surface area contributed by atoms with E-state index in [1.54, 1.807) is 36.4 Å². The van der Waals surface area contributed by atoms with Crippen molar-refractivity contribution in [2.75, 3.05) is 11.9 Å². The molecule has 4 rings (SSSR count). The summed E-state index contributed by atoms with van der Waals surface area (Å²) in [6, 6.07) is 26.1. The lowest BCUT2D eigenvalue weighted by Gasteiger charge is -2.15. The van der Waals surface area contributed by atoms with Gasteiger partial charge < -0.3 is 5.32 Å². The van der Waals surface area contributed by atoms with E-state index in [4.69, 9.17) is 0 Å². The molecule has 1 aromatic heterocycles. The quantitative estimate of drug-likeness (QED) is 0.390. The van der Waals surface area contributed by atoms with Crippen LogP contribution in [0.3, 0.4) is 0 Å². The van der Waals surface area contributed by atoms with E-state index in [0.29, 0.717) is 29.6 Å². The van der Waals surface area contributed by atoms with E-state index >= 15 is 0 Å². The van der Waals surface area contributed by atoms with Crippen LogP contribution in [0.1, 0.15) is 5.56 Å². The summed E-state index contributed by atoms with van der Waals surface area (Å²) in [5.74, 6) is 0. The molecule has 0 radical (unpaired) electrons. The molecule has 0 saturated carbocycles. The Labute approximate surface area is 167 Å². The van der Waals surface area contributed by atoms with Crippen LogP contribution in [0.2, 0.25) is 0 Å². The van der Waals surface area contributed by atoms with Crippen LogP contribution in [0.4, 0.5) is 11.4 Å². The van der Waals surface area contributed by atoms with Crippen molar-refractivity contribution >= 4 is 22.3 Å². The van der Waals surface area contributed by atoms with E-state index in [1.807, 2.05) is 48.5 Å². The van der Waals surface area contributed by atoms with E-state index in [0.717, 1.165) is 5.56 Å². The van der Waals surface area contributed by atoms with Crippen molar-refractivity contribution < 1.29 is 4.92 Å². The summed E-state index contributed by atoms with van der Waals surface area (Å²) in [6.07, 6.45) is 0.689. The number of rotatable bonds is 6. The Morgan fingerprint density at radius 1 is 0.862 bits per heavy atom. The van der Waals surface area contributed by atoms with Crippen LogP contribution in [0.25, 0.3) is 16.6 Å². The van der Waals surface area contributed by atoms with Crippen molar-refractivity contribution in [1.29, 1.82) is 0 Å². The second-order valence-corrected chi connectivity index (χ2v) is 6.64. The Morgan fingerprint density at radius 3 is 2.17 bits per heavy atom. The molecule has 0 aliphatic rings. The molecular formula is C23H19N3O3. The van der Waals surface area contributed by atoms with Gasteiger partial charge in [0.25, 0.3) is 0 Å². The van der Waals surface area contributed by atoms with Crippen LogP contribution in [-0.2, 0) is 6.42 Å². The average Bonchev–Trinajstić information content (AvgIpc) is 2.75. The van der Waals surface area contributed by atoms with Gasteiger partial charge in [-0.05, 0) is 30.2 Å². The number of anilines is 1. The Kier molecular flexibility index (Phi) is 5.07. The smallest absolute Gasteiger partial charge is 0.357 e. The van der Waals surface area contributed by atoms with Crippen LogP contribution in [0, 0.1) is 10.1 Å². The average molecular weight is 385 g/mol. The molecule has 3 aromatic carbocycles. The Bertz CT molecular complexity index is 1220. The molecule has 0 aliphatic heterocycles. The summed E-state index contributed by atoms with van der Waals surface area (Å²) in [5, 5.41) is 15.6. The molecule has 29 heavy (non-hydrogen) atoms. The summed E-state index contributed by atoms with van der Waals surface area (Å²) in [7, 11) is 0. The van der Waals surface area contributed by atoms with Gasteiger partial charge in [0.2, 0.25) is 0 Å². The highest BCUT2D eigenvalue weighted by molar-refractivity contribution is 5.97. The lowest BCUT2D eigenvalue weighted by atomic mass is 10.1. The lowest BCUT2D eigenvalue weighted by molar-refractivity contribution is -0.385. The van der Waals surface area contributed by atoms with Gasteiger partial charge in [0, 0.05) is 17.6 Å². The molecule has 6 nitrogen and oxygen atoms in total. The van der Waals surface area contributed by atoms with Gasteiger partial charge >= 0.3 is 11.2 Å². The summed E-state index contributed by atoms with van der Waals surface area (Å²) in [4.78, 5) is 24.4. The summed E-state index contributed by atoms with van der Waals surface area (Å²) in [6.45, 7) is 0.476. The topological polar surface area (TPSA) is 77.2 Å². The molecule has 144 valence electrons. The summed E-state index contributed by atoms with van der Waals surface area (Å²) in [5.41, 5.74) is 1.50. The predicted molar refractivity (Wildman–Crippen MR) is 115 cm³/mol. The van der Waals surface area contributed by atoms with E-state index in [1.165, 1.54) is 4.57 Å². The zero-order valence-corrected chi connectivity index (χ0v) is 15.6. The van der Waals surface area contributed by atoms with Crippen LogP contribution in [-0.4, -0.2) is 16.0 Å². The second-order valence-electron chi connectivity index (χ2n) is 6.64. The molecule has 0 amide bonds. The van der Waals surface area contributed by atoms with Gasteiger partial charge in [0.1, 0.15) is 5.69 Å². The first-order chi connectivity index (χ1) is 14.2. The number of para-hydroxylation sites is 2. The number of benzene rings is 3. The highest BCUT2D eigenvalue weighted by Gasteiger charge is 2.26. The number of pyridine rings is 1. The van der Waals surface area contributed by atoms with Gasteiger partial charge in [-0.1, -0.05) is 66.7 Å². The van der Waals surface area contributed by atoms with E-state index in [-0.39, 0.29) is 5.69 Å². The number of hydrogen-bond donors (Lipinski definition) is 1. The molecule has 4 aromatic rings. The van der Waals surface area contributed by atoms with Gasteiger partial charge in [-0.3, -0.25) is 19.5 Å². The lowest BCUT2D eigenvalue weighted by Crippen LogP contribution is -2.24. The van der Waals surface area contributed by atoms with Gasteiger partial charge in [-0.25, -0.2) is 0 Å². The molecule has 0 aliphatic carbocycles. The monoisotopic (exact) mass is 385 g/mol. The van der Waals surface area contributed by atoms with Gasteiger partial charge in [0.15, 0.2) is 0 Å². The van der Waals surface area contributed by atoms with Crippen molar-refractivity contribution in [2.45, 2.75) is 6.42 Å². The molecular weight excluding hydrogens is 366 g/mol. The zero-order chi connectivity index (χ0) is 20.2. The van der Waals surface area contributed by atoms with Crippen LogP contribution in [0.15, 0.2) is 89.7 Å². The Morgan fingerprint density at radius 2 is 1.48 bits per heavy atom. The number of aromatic nitrogens is 1. The van der Waals surface area contributed by atoms with Crippen molar-refractivity contribution in [3.8, 4) is 5.69 Å². The van der Waals surface area contributed by atoms with Crippen molar-refractivity contribution in [3.63, 3.8) is 0 Å². The van der Waals surface area contributed by atoms with Gasteiger partial charge in [0.05, 0.1) is 10.4 Å². The first-order valence-electron chi connectivity index (χ1n) is 9.32. The van der Waals surface area contributed by atoms with Crippen LogP contribution >= 0.6 is 0 Å². The first kappa shape index (κ1) is 18.4. The fourth-order valence-corrected chi connectivity index (χ4v) is 3.49. The molecule has 0 spiro atoms. The van der Waals surface area contributed by atoms with Gasteiger partial charge in [-0.2, -0.15) is 0 Å². The predicted octanol–water partition coefficient (Wildman–Crippen LogP) is 4.55. The second kappa shape index (κ2) is 7.98. The number of nitrogens with zero attached hydrogens (tertiary/aromatic N) is 2. The number of nitrogens with one attached hydrogen (secondary N) is 1. The van der Waals surface area contributed by atoms with Crippen molar-refractivity contribution in [1.82, 2.24) is 4.57 Å². The fourth-order valence-electron chi connectivity index (χ4n) is 3.49. The molecule has 0 saturated heterocycles. The van der Waals surface area contributed by atoms with E-state index in [2.05, 4.69) is 5.32 Å². The van der Waals surface area contributed by atoms with Gasteiger partial charge in [-0.15, -0.1) is 0 Å². The number of hydrogen-bond acceptors (Lipinski definition) is 4. The summed E-state index contributed by atoms with van der Waals surface area (Å²) >= 11 is 0. The Hall–Kier alpha value is -3.93. The van der Waals surface area contributed by atoms with E-state index in [9.17, 15) is 14.9 Å². The van der Waals surface area contributed by atoms with Crippen molar-refractivity contribution in [3.05, 3.63) is 111 Å². The summed E-state index contributed by atoms with van der Waals surface area (Å²) < 4.78 is 1.40. The first-order valence-corrected chi connectivity index (χ1v) is 9.32. The molecule has 1 N–H and O–H groups in total. The number of fused-ring (bicyclic) bond motifs is 1. The SMILES string of the molecule is O=c1c([N+](=O)[O-])c(NCCc2ccccc2)c2ccccc2n1-c1ccccc1. The molecule has 0 bridgehead atoms. The van der Waals surface area contributed by atoms with Crippen LogP contribution < -0.4 is 10.9 Å². The standard InChI is InChI=1S/C23H19N3O3/c27-23-22(26(28)29)21(24-16-15-17-9-3-1-4-10-17)19-13-7-8-14-20(19)25(23)18-11-5-2-6-12-18/h1-14,24H,15-16H2. The molecule has 0 unspecified atom stereocenters. The zero-order valence-electron chi connectivity index (χ0n) is 15.6. The maximum Gasteiger partial charge on any atom is 0.357 e. The van der Waals surface area contributed by atoms with E-state index < -0.39 is 16.2 Å². The maximum absolute atomic E-state index is 13.2. The number of nitro groups is 1. The highest BCUT2D eigenvalue weighted by atomic mass is 16.6. The minimum Gasteiger partial charge on any atom is -0.378 e. The molecule has 6 heteroatoms. The normalized spacial score (nSPS) is 10.8. The third-order valence-electron chi connectivity index (χ3n) is 4.81. The largest absolute Gasteiger partial charge is 0.378 e. The minimum absolute atomic E-state index is 0.263. The third kappa shape index (κ3) is 3.60. The maximum atomic E-state index is 13.2. The molecule has 0 atom stereocenters. The highest BCUT2D eigenvalue weighted by Crippen LogP contribution is 2.31. The molecule has 0 fully saturated rings. The minimum atomic E-state index is -0.651.